The van der Waals surface area contributed by atoms with Crippen LogP contribution in [0.3, 0.4) is 0 Å². The first-order valence-electron chi connectivity index (χ1n) is 6.62. The summed E-state index contributed by atoms with van der Waals surface area (Å²) in [5, 5.41) is 15.1. The number of aryl methyl sites for hydroxylation is 1. The number of hydrogen-bond acceptors (Lipinski definition) is 4. The molecule has 1 unspecified atom stereocenters. The van der Waals surface area contributed by atoms with Crippen molar-refractivity contribution in [2.45, 2.75) is 45.1 Å². The highest BCUT2D eigenvalue weighted by Gasteiger charge is 2.21. The van der Waals surface area contributed by atoms with Gasteiger partial charge in [0.15, 0.2) is 5.69 Å². The molecule has 1 aromatic rings. The minimum atomic E-state index is -1.04. The fourth-order valence-corrected chi connectivity index (χ4v) is 1.78. The van der Waals surface area contributed by atoms with Crippen LogP contribution in [0, 0.1) is 6.92 Å². The number of nitrogens with one attached hydrogen (secondary N) is 1. The molecule has 0 aliphatic carbocycles. The van der Waals surface area contributed by atoms with Crippen LogP contribution in [0.15, 0.2) is 23.2 Å². The minimum Gasteiger partial charge on any atom is -0.480 e. The van der Waals surface area contributed by atoms with Gasteiger partial charge < -0.3 is 14.9 Å². The van der Waals surface area contributed by atoms with Gasteiger partial charge in [-0.05, 0) is 26.2 Å². The van der Waals surface area contributed by atoms with Gasteiger partial charge in [-0.3, -0.25) is 4.79 Å². The topological polar surface area (TPSA) is 92.4 Å². The number of allylic oxidation sites excluding steroid dienone is 1. The number of unbranched alkanes of at least 4 members (excludes halogenated alkanes) is 3. The van der Waals surface area contributed by atoms with E-state index in [1.165, 1.54) is 6.07 Å². The Hall–Kier alpha value is -2.11. The molecule has 0 saturated heterocycles. The van der Waals surface area contributed by atoms with E-state index in [9.17, 15) is 9.59 Å². The summed E-state index contributed by atoms with van der Waals surface area (Å²) in [6.07, 6.45) is 5.78. The van der Waals surface area contributed by atoms with Crippen molar-refractivity contribution in [3.63, 3.8) is 0 Å². The van der Waals surface area contributed by atoms with Crippen molar-refractivity contribution in [2.75, 3.05) is 0 Å². The summed E-state index contributed by atoms with van der Waals surface area (Å²) in [6.45, 7) is 5.29. The van der Waals surface area contributed by atoms with Gasteiger partial charge >= 0.3 is 5.97 Å². The molecule has 0 radical (unpaired) electrons. The number of hydrogen-bond donors (Lipinski definition) is 2. The third-order valence-corrected chi connectivity index (χ3v) is 2.87. The number of nitrogens with zero attached hydrogens (tertiary/aromatic N) is 1. The van der Waals surface area contributed by atoms with Crippen molar-refractivity contribution in [3.8, 4) is 0 Å². The van der Waals surface area contributed by atoms with E-state index in [0.29, 0.717) is 12.2 Å². The zero-order valence-electron chi connectivity index (χ0n) is 11.6. The standard InChI is InChI=1S/C14H20N2O4/c1-3-4-5-6-7-8-11(14(18)19)15-13(17)12-9-10(2)20-16-12/h3,9,11H,1,4-8H2,2H3,(H,15,17)(H,18,19). The van der Waals surface area contributed by atoms with Crippen LogP contribution in [0.2, 0.25) is 0 Å². The molecule has 0 spiro atoms. The highest BCUT2D eigenvalue weighted by molar-refractivity contribution is 5.94. The molecular weight excluding hydrogens is 260 g/mol. The van der Waals surface area contributed by atoms with Crippen molar-refractivity contribution >= 4 is 11.9 Å². The Morgan fingerprint density at radius 1 is 1.50 bits per heavy atom. The van der Waals surface area contributed by atoms with E-state index in [4.69, 9.17) is 9.63 Å². The zero-order valence-corrected chi connectivity index (χ0v) is 11.6. The fourth-order valence-electron chi connectivity index (χ4n) is 1.78. The summed E-state index contributed by atoms with van der Waals surface area (Å²) in [4.78, 5) is 22.9. The van der Waals surface area contributed by atoms with Crippen molar-refractivity contribution in [3.05, 3.63) is 30.2 Å². The summed E-state index contributed by atoms with van der Waals surface area (Å²) in [5.74, 6) is -1.06. The molecule has 0 aliphatic heterocycles. The molecular formula is C14H20N2O4. The van der Waals surface area contributed by atoms with Crippen molar-refractivity contribution in [2.24, 2.45) is 0 Å². The Morgan fingerprint density at radius 2 is 2.25 bits per heavy atom. The summed E-state index contributed by atoms with van der Waals surface area (Å²) in [6, 6.07) is 0.571. The summed E-state index contributed by atoms with van der Waals surface area (Å²) in [7, 11) is 0. The second-order valence-electron chi connectivity index (χ2n) is 4.61. The normalized spacial score (nSPS) is 11.8. The fraction of sp³-hybridized carbons (Fsp3) is 0.500. The van der Waals surface area contributed by atoms with Crippen molar-refractivity contribution in [1.29, 1.82) is 0 Å². The van der Waals surface area contributed by atoms with E-state index in [2.05, 4.69) is 17.1 Å². The first-order valence-corrected chi connectivity index (χ1v) is 6.62. The molecule has 1 atom stereocenters. The number of carboxylic acid groups (broad SMARTS) is 1. The highest BCUT2D eigenvalue weighted by Crippen LogP contribution is 2.08. The molecule has 6 heteroatoms. The van der Waals surface area contributed by atoms with Crippen LogP contribution in [-0.2, 0) is 4.79 Å². The predicted octanol–water partition coefficient (Wildman–Crippen LogP) is 2.30. The van der Waals surface area contributed by atoms with Crippen LogP contribution < -0.4 is 5.32 Å². The molecule has 1 heterocycles. The molecule has 2 N–H and O–H groups in total. The number of carbonyl (C=O) groups is 2. The first kappa shape index (κ1) is 15.9. The number of aromatic nitrogens is 1. The molecule has 110 valence electrons. The molecule has 0 fully saturated rings. The van der Waals surface area contributed by atoms with Gasteiger partial charge in [0.25, 0.3) is 5.91 Å². The Balaban J connectivity index is 2.44. The summed E-state index contributed by atoms with van der Waals surface area (Å²) in [5.41, 5.74) is 0.0976. The average Bonchev–Trinajstić information content (AvgIpc) is 2.83. The van der Waals surface area contributed by atoms with E-state index in [-0.39, 0.29) is 5.69 Å². The SMILES string of the molecule is C=CCCCCCC(NC(=O)c1cc(C)on1)C(=O)O. The second kappa shape index (κ2) is 8.14. The van der Waals surface area contributed by atoms with E-state index in [1.807, 2.05) is 6.08 Å². The molecule has 1 aromatic heterocycles. The first-order chi connectivity index (χ1) is 9.54. The Kier molecular flexibility index (Phi) is 6.49. The number of carboxylic acids is 1. The number of amides is 1. The van der Waals surface area contributed by atoms with Gasteiger partial charge in [-0.15, -0.1) is 6.58 Å². The van der Waals surface area contributed by atoms with E-state index in [1.54, 1.807) is 6.92 Å². The molecule has 20 heavy (non-hydrogen) atoms. The molecule has 0 aliphatic rings. The Morgan fingerprint density at radius 3 is 2.80 bits per heavy atom. The largest absolute Gasteiger partial charge is 0.480 e. The van der Waals surface area contributed by atoms with Gasteiger partial charge in [0.05, 0.1) is 0 Å². The monoisotopic (exact) mass is 280 g/mol. The van der Waals surface area contributed by atoms with Gasteiger partial charge in [0, 0.05) is 6.07 Å². The molecule has 1 rings (SSSR count). The third-order valence-electron chi connectivity index (χ3n) is 2.87. The van der Waals surface area contributed by atoms with E-state index in [0.717, 1.165) is 25.7 Å². The van der Waals surface area contributed by atoms with Crippen molar-refractivity contribution in [1.82, 2.24) is 10.5 Å². The molecule has 0 saturated carbocycles. The summed E-state index contributed by atoms with van der Waals surface area (Å²) < 4.78 is 4.79. The average molecular weight is 280 g/mol. The van der Waals surface area contributed by atoms with Crippen molar-refractivity contribution < 1.29 is 19.2 Å². The maximum absolute atomic E-state index is 11.8. The Bertz CT molecular complexity index is 467. The number of carbonyl (C=O) groups excluding carboxylic acids is 1. The quantitative estimate of drug-likeness (QED) is 0.535. The highest BCUT2D eigenvalue weighted by atomic mass is 16.5. The van der Waals surface area contributed by atoms with Crippen LogP contribution in [0.25, 0.3) is 0 Å². The van der Waals surface area contributed by atoms with E-state index >= 15 is 0 Å². The maximum Gasteiger partial charge on any atom is 0.326 e. The molecule has 0 bridgehead atoms. The number of rotatable bonds is 9. The minimum absolute atomic E-state index is 0.0976. The smallest absolute Gasteiger partial charge is 0.326 e. The van der Waals surface area contributed by atoms with Gasteiger partial charge in [0.1, 0.15) is 11.8 Å². The summed E-state index contributed by atoms with van der Waals surface area (Å²) >= 11 is 0. The lowest BCUT2D eigenvalue weighted by atomic mass is 10.1. The van der Waals surface area contributed by atoms with E-state index < -0.39 is 17.9 Å². The Labute approximate surface area is 117 Å². The van der Waals surface area contributed by atoms with Crippen LogP contribution in [0.4, 0.5) is 0 Å². The third kappa shape index (κ3) is 5.26. The molecule has 1 amide bonds. The van der Waals surface area contributed by atoms with Gasteiger partial charge in [0.2, 0.25) is 0 Å². The lowest BCUT2D eigenvalue weighted by Gasteiger charge is -2.13. The van der Waals surface area contributed by atoms with Crippen LogP contribution >= 0.6 is 0 Å². The predicted molar refractivity (Wildman–Crippen MR) is 73.4 cm³/mol. The van der Waals surface area contributed by atoms with Crippen LogP contribution in [-0.4, -0.2) is 28.2 Å². The lowest BCUT2D eigenvalue weighted by molar-refractivity contribution is -0.139. The van der Waals surface area contributed by atoms with Gasteiger partial charge in [-0.1, -0.05) is 24.1 Å². The van der Waals surface area contributed by atoms with Gasteiger partial charge in [-0.2, -0.15) is 0 Å². The molecule has 6 nitrogen and oxygen atoms in total. The second-order valence-corrected chi connectivity index (χ2v) is 4.61. The van der Waals surface area contributed by atoms with Gasteiger partial charge in [-0.25, -0.2) is 4.79 Å². The molecule has 0 aromatic carbocycles. The maximum atomic E-state index is 11.8. The van der Waals surface area contributed by atoms with Crippen LogP contribution in [0.5, 0.6) is 0 Å². The van der Waals surface area contributed by atoms with Crippen LogP contribution in [0.1, 0.15) is 48.4 Å². The zero-order chi connectivity index (χ0) is 15.0. The lowest BCUT2D eigenvalue weighted by Crippen LogP contribution is -2.40. The number of aliphatic carboxylic acids is 1.